The average molecular weight is 259 g/mol. The Labute approximate surface area is 116 Å². The van der Waals surface area contributed by atoms with Gasteiger partial charge in [0.1, 0.15) is 0 Å². The van der Waals surface area contributed by atoms with Crippen LogP contribution in [0.15, 0.2) is 29.8 Å². The van der Waals surface area contributed by atoms with Crippen molar-refractivity contribution in [1.82, 2.24) is 0 Å². The number of anilines is 1. The van der Waals surface area contributed by atoms with E-state index in [9.17, 15) is 4.79 Å². The van der Waals surface area contributed by atoms with Gasteiger partial charge in [-0.2, -0.15) is 0 Å². The molecule has 1 N–H and O–H groups in total. The van der Waals surface area contributed by atoms with Gasteiger partial charge in [-0.05, 0) is 36.8 Å². The molecule has 19 heavy (non-hydrogen) atoms. The van der Waals surface area contributed by atoms with Crippen molar-refractivity contribution in [3.8, 4) is 0 Å². The van der Waals surface area contributed by atoms with Crippen LogP contribution in [0.1, 0.15) is 64.5 Å². The Kier molecular flexibility index (Phi) is 5.34. The predicted molar refractivity (Wildman–Crippen MR) is 82.7 cm³/mol. The van der Waals surface area contributed by atoms with Crippen molar-refractivity contribution < 1.29 is 4.79 Å². The minimum Gasteiger partial charge on any atom is -0.322 e. The first-order chi connectivity index (χ1) is 8.82. The van der Waals surface area contributed by atoms with Crippen LogP contribution < -0.4 is 5.32 Å². The molecule has 0 saturated carbocycles. The quantitative estimate of drug-likeness (QED) is 0.770. The minimum absolute atomic E-state index is 0.0463. The molecule has 0 saturated heterocycles. The number of hydrogen-bond acceptors (Lipinski definition) is 1. The summed E-state index contributed by atoms with van der Waals surface area (Å²) in [6.45, 7) is 12.5. The van der Waals surface area contributed by atoms with Gasteiger partial charge in [0.2, 0.25) is 5.91 Å². The van der Waals surface area contributed by atoms with E-state index in [0.717, 1.165) is 11.3 Å². The Hall–Kier alpha value is -1.57. The van der Waals surface area contributed by atoms with Gasteiger partial charge in [0.25, 0.3) is 0 Å². The molecule has 104 valence electrons. The summed E-state index contributed by atoms with van der Waals surface area (Å²) in [6.07, 6.45) is 1.64. The van der Waals surface area contributed by atoms with E-state index in [1.54, 1.807) is 6.08 Å². The van der Waals surface area contributed by atoms with Crippen LogP contribution in [-0.2, 0) is 4.79 Å². The molecule has 2 nitrogen and oxygen atoms in total. The molecule has 0 radical (unpaired) electrons. The maximum Gasteiger partial charge on any atom is 0.248 e. The number of benzene rings is 1. The van der Waals surface area contributed by atoms with E-state index in [1.165, 1.54) is 11.1 Å². The predicted octanol–water partition coefficient (Wildman–Crippen LogP) is 4.84. The van der Waals surface area contributed by atoms with E-state index in [2.05, 4.69) is 51.2 Å². The number of nitrogens with one attached hydrogen (secondary N) is 1. The summed E-state index contributed by atoms with van der Waals surface area (Å²) in [5.74, 6) is 0.733. The van der Waals surface area contributed by atoms with Crippen LogP contribution in [0.4, 0.5) is 5.69 Å². The highest BCUT2D eigenvalue weighted by Gasteiger charge is 2.14. The fourth-order valence-electron chi connectivity index (χ4n) is 2.12. The molecule has 1 rings (SSSR count). The van der Waals surface area contributed by atoms with Crippen LogP contribution in [0.2, 0.25) is 0 Å². The maximum atomic E-state index is 12.0. The van der Waals surface area contributed by atoms with Gasteiger partial charge >= 0.3 is 0 Å². The van der Waals surface area contributed by atoms with Crippen LogP contribution >= 0.6 is 0 Å². The average Bonchev–Trinajstić information content (AvgIpc) is 2.27. The second-order valence-corrected chi connectivity index (χ2v) is 5.83. The molecule has 0 aliphatic heterocycles. The molecule has 1 amide bonds. The van der Waals surface area contributed by atoms with Crippen LogP contribution in [0.3, 0.4) is 0 Å². The lowest BCUT2D eigenvalue weighted by atomic mass is 9.92. The number of para-hydroxylation sites is 1. The zero-order valence-electron chi connectivity index (χ0n) is 12.9. The second-order valence-electron chi connectivity index (χ2n) is 5.83. The molecule has 0 unspecified atom stereocenters. The number of allylic oxidation sites excluding steroid dienone is 1. The molecular formula is C17H25NO. The molecule has 1 aromatic rings. The summed E-state index contributed by atoms with van der Waals surface area (Å²) in [6, 6.07) is 6.25. The Morgan fingerprint density at radius 1 is 1.05 bits per heavy atom. The fourth-order valence-corrected chi connectivity index (χ4v) is 2.12. The van der Waals surface area contributed by atoms with Crippen LogP contribution in [-0.4, -0.2) is 5.91 Å². The molecule has 0 atom stereocenters. The molecule has 0 aliphatic carbocycles. The Morgan fingerprint density at radius 2 is 1.53 bits per heavy atom. The van der Waals surface area contributed by atoms with Crippen molar-refractivity contribution in [3.05, 3.63) is 41.0 Å². The summed E-state index contributed by atoms with van der Waals surface area (Å²) in [7, 11) is 0. The molecule has 0 bridgehead atoms. The third kappa shape index (κ3) is 4.23. The monoisotopic (exact) mass is 259 g/mol. The van der Waals surface area contributed by atoms with Gasteiger partial charge in [-0.25, -0.2) is 0 Å². The zero-order chi connectivity index (χ0) is 14.6. The molecule has 0 heterocycles. The third-order valence-electron chi connectivity index (χ3n) is 3.04. The molecule has 2 heteroatoms. The number of carbonyl (C=O) groups excluding carboxylic acids is 1. The summed E-state index contributed by atoms with van der Waals surface area (Å²) < 4.78 is 0. The normalized spacial score (nSPS) is 10.7. The molecule has 1 aromatic carbocycles. The molecule has 0 spiro atoms. The van der Waals surface area contributed by atoms with Gasteiger partial charge in [0.05, 0.1) is 0 Å². The van der Waals surface area contributed by atoms with Crippen molar-refractivity contribution in [2.75, 3.05) is 5.32 Å². The van der Waals surface area contributed by atoms with E-state index in [4.69, 9.17) is 0 Å². The van der Waals surface area contributed by atoms with Crippen LogP contribution in [0.25, 0.3) is 0 Å². The SMILES string of the molecule is CC(C)=CC(=O)Nc1c(C(C)C)cccc1C(C)C. The summed E-state index contributed by atoms with van der Waals surface area (Å²) >= 11 is 0. The van der Waals surface area contributed by atoms with E-state index in [1.807, 2.05) is 13.8 Å². The first-order valence-corrected chi connectivity index (χ1v) is 6.91. The van der Waals surface area contributed by atoms with Crippen molar-refractivity contribution in [3.63, 3.8) is 0 Å². The Morgan fingerprint density at radius 3 is 1.89 bits per heavy atom. The van der Waals surface area contributed by atoms with Gasteiger partial charge in [-0.3, -0.25) is 4.79 Å². The highest BCUT2D eigenvalue weighted by Crippen LogP contribution is 2.32. The van der Waals surface area contributed by atoms with Gasteiger partial charge in [-0.1, -0.05) is 51.5 Å². The summed E-state index contributed by atoms with van der Waals surface area (Å²) in [5, 5.41) is 3.06. The van der Waals surface area contributed by atoms with E-state index in [0.29, 0.717) is 11.8 Å². The minimum atomic E-state index is -0.0463. The topological polar surface area (TPSA) is 29.1 Å². The first-order valence-electron chi connectivity index (χ1n) is 6.91. The Bertz CT molecular complexity index is 454. The van der Waals surface area contributed by atoms with E-state index < -0.39 is 0 Å². The van der Waals surface area contributed by atoms with Crippen molar-refractivity contribution in [2.24, 2.45) is 0 Å². The summed E-state index contributed by atoms with van der Waals surface area (Å²) in [5.41, 5.74) is 4.38. The number of hydrogen-bond donors (Lipinski definition) is 1. The summed E-state index contributed by atoms with van der Waals surface area (Å²) in [4.78, 5) is 12.0. The van der Waals surface area contributed by atoms with Crippen LogP contribution in [0, 0.1) is 0 Å². The maximum absolute atomic E-state index is 12.0. The van der Waals surface area contributed by atoms with Gasteiger partial charge in [-0.15, -0.1) is 0 Å². The number of rotatable bonds is 4. The first kappa shape index (κ1) is 15.5. The number of amides is 1. The fraction of sp³-hybridized carbons (Fsp3) is 0.471. The lowest BCUT2D eigenvalue weighted by Gasteiger charge is -2.19. The molecule has 0 aromatic heterocycles. The number of carbonyl (C=O) groups is 1. The largest absolute Gasteiger partial charge is 0.322 e. The standard InChI is InChI=1S/C17H25NO/c1-11(2)10-16(19)18-17-14(12(3)4)8-7-9-15(17)13(5)6/h7-10,12-13H,1-6H3,(H,18,19). The van der Waals surface area contributed by atoms with Crippen molar-refractivity contribution >= 4 is 11.6 Å². The van der Waals surface area contributed by atoms with Gasteiger partial charge < -0.3 is 5.32 Å². The van der Waals surface area contributed by atoms with E-state index in [-0.39, 0.29) is 5.91 Å². The van der Waals surface area contributed by atoms with Crippen molar-refractivity contribution in [1.29, 1.82) is 0 Å². The highest BCUT2D eigenvalue weighted by atomic mass is 16.1. The van der Waals surface area contributed by atoms with Crippen molar-refractivity contribution in [2.45, 2.75) is 53.4 Å². The lowest BCUT2D eigenvalue weighted by molar-refractivity contribution is -0.112. The van der Waals surface area contributed by atoms with E-state index >= 15 is 0 Å². The highest BCUT2D eigenvalue weighted by molar-refractivity contribution is 6.00. The van der Waals surface area contributed by atoms with Crippen LogP contribution in [0.5, 0.6) is 0 Å². The molecular weight excluding hydrogens is 234 g/mol. The third-order valence-corrected chi connectivity index (χ3v) is 3.04. The molecule has 0 fully saturated rings. The van der Waals surface area contributed by atoms with Gasteiger partial charge in [0, 0.05) is 11.8 Å². The lowest BCUT2D eigenvalue weighted by Crippen LogP contribution is -2.13. The second kappa shape index (κ2) is 6.55. The molecule has 0 aliphatic rings. The zero-order valence-corrected chi connectivity index (χ0v) is 12.9. The smallest absolute Gasteiger partial charge is 0.248 e. The van der Waals surface area contributed by atoms with Gasteiger partial charge in [0.15, 0.2) is 0 Å². The Balaban J connectivity index is 3.22.